The van der Waals surface area contributed by atoms with Crippen molar-refractivity contribution in [1.29, 1.82) is 0 Å². The van der Waals surface area contributed by atoms with E-state index in [1.807, 2.05) is 6.92 Å². The van der Waals surface area contributed by atoms with E-state index < -0.39 is 6.16 Å². The normalized spacial score (nSPS) is 14.0. The minimum atomic E-state index is -1.83. The SMILES string of the molecule is C=CCONC(CCC)=C1C(=O)CCCC1=O.O=C(O)O. The van der Waals surface area contributed by atoms with Crippen molar-refractivity contribution in [3.63, 3.8) is 0 Å². The van der Waals surface area contributed by atoms with E-state index in [2.05, 4.69) is 12.1 Å². The first kappa shape index (κ1) is 18.9. The maximum absolute atomic E-state index is 11.8. The molecule has 0 atom stereocenters. The molecule has 7 nitrogen and oxygen atoms in total. The topological polar surface area (TPSA) is 113 Å². The van der Waals surface area contributed by atoms with Crippen LogP contribution in [-0.2, 0) is 14.4 Å². The van der Waals surface area contributed by atoms with Crippen molar-refractivity contribution in [1.82, 2.24) is 5.48 Å². The number of hydroxylamine groups is 1. The van der Waals surface area contributed by atoms with Gasteiger partial charge in [-0.25, -0.2) is 4.79 Å². The number of hydrogen-bond acceptors (Lipinski definition) is 5. The minimum Gasteiger partial charge on any atom is -0.450 e. The summed E-state index contributed by atoms with van der Waals surface area (Å²) < 4.78 is 0. The molecule has 0 amide bonds. The van der Waals surface area contributed by atoms with Gasteiger partial charge in [-0.3, -0.25) is 19.9 Å². The van der Waals surface area contributed by atoms with Crippen LogP contribution in [0.5, 0.6) is 0 Å². The molecule has 0 radical (unpaired) electrons. The summed E-state index contributed by atoms with van der Waals surface area (Å²) in [4.78, 5) is 37.2. The van der Waals surface area contributed by atoms with Gasteiger partial charge in [0.1, 0.15) is 0 Å². The van der Waals surface area contributed by atoms with Gasteiger partial charge in [-0.2, -0.15) is 0 Å². The van der Waals surface area contributed by atoms with Crippen LogP contribution in [0.25, 0.3) is 0 Å². The molecular formula is C14H21NO6. The molecule has 1 aliphatic carbocycles. The zero-order valence-electron chi connectivity index (χ0n) is 12.1. The van der Waals surface area contributed by atoms with Gasteiger partial charge in [-0.15, -0.1) is 6.58 Å². The highest BCUT2D eigenvalue weighted by Gasteiger charge is 2.26. The predicted molar refractivity (Wildman–Crippen MR) is 75.7 cm³/mol. The van der Waals surface area contributed by atoms with Crippen LogP contribution < -0.4 is 5.48 Å². The Morgan fingerprint density at radius 3 is 2.29 bits per heavy atom. The Hall–Kier alpha value is -2.15. The molecule has 0 aromatic rings. The maximum Gasteiger partial charge on any atom is 0.503 e. The van der Waals surface area contributed by atoms with E-state index in [0.717, 1.165) is 6.42 Å². The van der Waals surface area contributed by atoms with Crippen LogP contribution >= 0.6 is 0 Å². The second-order valence-corrected chi connectivity index (χ2v) is 4.29. The lowest BCUT2D eigenvalue weighted by Crippen LogP contribution is -2.26. The molecule has 0 aliphatic heterocycles. The van der Waals surface area contributed by atoms with E-state index in [1.165, 1.54) is 0 Å². The molecule has 7 heteroatoms. The molecule has 0 aromatic heterocycles. The molecule has 118 valence electrons. The molecule has 0 heterocycles. The Kier molecular flexibility index (Phi) is 9.53. The van der Waals surface area contributed by atoms with Crippen LogP contribution in [-0.4, -0.2) is 34.5 Å². The van der Waals surface area contributed by atoms with Crippen molar-refractivity contribution in [2.24, 2.45) is 0 Å². The quantitative estimate of drug-likeness (QED) is 0.227. The van der Waals surface area contributed by atoms with Gasteiger partial charge in [-0.1, -0.05) is 19.4 Å². The van der Waals surface area contributed by atoms with Gasteiger partial charge in [0.05, 0.1) is 17.9 Å². The van der Waals surface area contributed by atoms with E-state index in [1.54, 1.807) is 6.08 Å². The summed E-state index contributed by atoms with van der Waals surface area (Å²) in [5.74, 6) is -0.140. The Balaban J connectivity index is 0.000000885. The fourth-order valence-corrected chi connectivity index (χ4v) is 1.82. The van der Waals surface area contributed by atoms with E-state index in [4.69, 9.17) is 19.8 Å². The number of hydrogen-bond donors (Lipinski definition) is 3. The van der Waals surface area contributed by atoms with Crippen LogP contribution in [0.2, 0.25) is 0 Å². The third-order valence-corrected chi connectivity index (χ3v) is 2.56. The molecule has 1 rings (SSSR count). The average molecular weight is 299 g/mol. The van der Waals surface area contributed by atoms with Crippen molar-refractivity contribution < 1.29 is 29.4 Å². The first-order valence-electron chi connectivity index (χ1n) is 6.64. The lowest BCUT2D eigenvalue weighted by atomic mass is 9.90. The first-order valence-corrected chi connectivity index (χ1v) is 6.64. The highest BCUT2D eigenvalue weighted by atomic mass is 16.6. The van der Waals surface area contributed by atoms with E-state index >= 15 is 0 Å². The maximum atomic E-state index is 11.8. The third-order valence-electron chi connectivity index (χ3n) is 2.56. The summed E-state index contributed by atoms with van der Waals surface area (Å²) >= 11 is 0. The number of carbonyl (C=O) groups is 3. The fourth-order valence-electron chi connectivity index (χ4n) is 1.82. The molecular weight excluding hydrogens is 278 g/mol. The Morgan fingerprint density at radius 2 is 1.86 bits per heavy atom. The molecule has 1 aliphatic rings. The lowest BCUT2D eigenvalue weighted by molar-refractivity contribution is -0.124. The molecule has 1 fully saturated rings. The van der Waals surface area contributed by atoms with Crippen LogP contribution in [0, 0.1) is 0 Å². The van der Waals surface area contributed by atoms with Gasteiger partial charge in [-0.05, 0) is 12.8 Å². The van der Waals surface area contributed by atoms with Gasteiger partial charge in [0.2, 0.25) is 0 Å². The second kappa shape index (κ2) is 10.6. The standard InChI is InChI=1S/C13H19NO3.CH2O3/c1-3-6-10(14-17-9-4-2)13-11(15)7-5-8-12(13)16;2-1(3)4/h4,14H,2-3,5-9H2,1H3;(H2,2,3,4). The summed E-state index contributed by atoms with van der Waals surface area (Å²) in [7, 11) is 0. The molecule has 1 saturated carbocycles. The van der Waals surface area contributed by atoms with E-state index in [9.17, 15) is 9.59 Å². The largest absolute Gasteiger partial charge is 0.503 e. The number of carbonyl (C=O) groups excluding carboxylic acids is 2. The first-order chi connectivity index (χ1) is 9.93. The Morgan fingerprint density at radius 1 is 1.33 bits per heavy atom. The minimum absolute atomic E-state index is 0.0700. The highest BCUT2D eigenvalue weighted by Crippen LogP contribution is 2.21. The van der Waals surface area contributed by atoms with Crippen molar-refractivity contribution in [2.75, 3.05) is 6.61 Å². The predicted octanol–water partition coefficient (Wildman–Crippen LogP) is 2.29. The third kappa shape index (κ3) is 7.88. The van der Waals surface area contributed by atoms with Crippen LogP contribution in [0.1, 0.15) is 39.0 Å². The summed E-state index contributed by atoms with van der Waals surface area (Å²) in [5, 5.41) is 13.9. The number of allylic oxidation sites excluding steroid dienone is 2. The lowest BCUT2D eigenvalue weighted by Gasteiger charge is -2.17. The average Bonchev–Trinajstić information content (AvgIpc) is 2.38. The summed E-state index contributed by atoms with van der Waals surface area (Å²) in [5.41, 5.74) is 3.64. The van der Waals surface area contributed by atoms with Crippen LogP contribution in [0.3, 0.4) is 0 Å². The van der Waals surface area contributed by atoms with E-state index in [0.29, 0.717) is 43.6 Å². The van der Waals surface area contributed by atoms with Crippen molar-refractivity contribution in [3.05, 3.63) is 23.9 Å². The van der Waals surface area contributed by atoms with E-state index in [-0.39, 0.29) is 11.6 Å². The molecule has 0 unspecified atom stereocenters. The number of ketones is 2. The van der Waals surface area contributed by atoms with Crippen LogP contribution in [0.4, 0.5) is 4.79 Å². The van der Waals surface area contributed by atoms with Gasteiger partial charge in [0, 0.05) is 12.8 Å². The van der Waals surface area contributed by atoms with Crippen molar-refractivity contribution in [2.45, 2.75) is 39.0 Å². The number of nitrogens with one attached hydrogen (secondary N) is 1. The summed E-state index contributed by atoms with van der Waals surface area (Å²) in [6.45, 7) is 5.86. The monoisotopic (exact) mass is 299 g/mol. The molecule has 21 heavy (non-hydrogen) atoms. The van der Waals surface area contributed by atoms with Crippen molar-refractivity contribution in [3.8, 4) is 0 Å². The molecule has 0 saturated heterocycles. The summed E-state index contributed by atoms with van der Waals surface area (Å²) in [6, 6.07) is 0. The molecule has 3 N–H and O–H groups in total. The Labute approximate surface area is 123 Å². The zero-order valence-corrected chi connectivity index (χ0v) is 12.1. The number of rotatable bonds is 6. The van der Waals surface area contributed by atoms with Crippen molar-refractivity contribution >= 4 is 17.7 Å². The molecule has 0 aromatic carbocycles. The van der Waals surface area contributed by atoms with Gasteiger partial charge < -0.3 is 10.2 Å². The van der Waals surface area contributed by atoms with Gasteiger partial charge in [0.25, 0.3) is 0 Å². The highest BCUT2D eigenvalue weighted by molar-refractivity contribution is 6.22. The van der Waals surface area contributed by atoms with Crippen LogP contribution in [0.15, 0.2) is 23.9 Å². The Bertz CT molecular complexity index is 405. The molecule has 0 bridgehead atoms. The van der Waals surface area contributed by atoms with Gasteiger partial charge >= 0.3 is 6.16 Å². The smallest absolute Gasteiger partial charge is 0.450 e. The van der Waals surface area contributed by atoms with Gasteiger partial charge in [0.15, 0.2) is 11.6 Å². The summed E-state index contributed by atoms with van der Waals surface area (Å²) in [6.07, 6.45) is 2.84. The number of Topliss-reactive ketones (excluding diaryl/α,β-unsaturated/α-hetero) is 2. The number of carboxylic acid groups (broad SMARTS) is 2. The zero-order chi connectivity index (χ0) is 16.3. The fraction of sp³-hybridized carbons (Fsp3) is 0.500. The molecule has 0 spiro atoms. The second-order valence-electron chi connectivity index (χ2n) is 4.29.